The summed E-state index contributed by atoms with van der Waals surface area (Å²) in [6, 6.07) is 0. The van der Waals surface area contributed by atoms with Gasteiger partial charge in [0.25, 0.3) is 17.7 Å². The highest BCUT2D eigenvalue weighted by molar-refractivity contribution is 5.32. The number of anilines is 1. The molecule has 0 fully saturated rings. The topological polar surface area (TPSA) is 143 Å². The maximum absolute atomic E-state index is 9.81. The molecule has 0 aromatic carbocycles. The monoisotopic (exact) mass is 180 g/mol. The molecule has 0 saturated carbocycles. The number of nitrogens with zero attached hydrogens (tertiary/aromatic N) is 8. The van der Waals surface area contributed by atoms with Crippen molar-refractivity contribution in [1.82, 2.24) is 30.0 Å². The predicted octanol–water partition coefficient (Wildman–Crippen LogP) is -0.922. The van der Waals surface area contributed by atoms with E-state index in [1.807, 2.05) is 0 Å². The first-order valence-electron chi connectivity index (χ1n) is 3.06. The van der Waals surface area contributed by atoms with Gasteiger partial charge in [-0.15, -0.1) is 30.6 Å². The zero-order valence-corrected chi connectivity index (χ0v) is 6.06. The Morgan fingerprint density at radius 2 is 2.00 bits per heavy atom. The number of hydrogen-bond donors (Lipinski definition) is 1. The molecule has 2 heterocycles. The second-order valence-corrected chi connectivity index (χ2v) is 1.95. The molecule has 2 N–H and O–H groups in total. The second-order valence-electron chi connectivity index (χ2n) is 1.95. The van der Waals surface area contributed by atoms with Crippen molar-refractivity contribution < 1.29 is 0 Å². The molecule has 0 radical (unpaired) electrons. The standard InChI is InChI=1S/C3H3N9O/c4-1-5-6-2-7-8-3(9-11-13)12(2)10-1/h(H2,4,10)(H,8,9,13)/p-1. The molecule has 0 aliphatic carbocycles. The van der Waals surface area contributed by atoms with Crippen LogP contribution in [0.15, 0.2) is 10.4 Å². The summed E-state index contributed by atoms with van der Waals surface area (Å²) >= 11 is 0. The van der Waals surface area contributed by atoms with Gasteiger partial charge >= 0.3 is 0 Å². The van der Waals surface area contributed by atoms with Crippen LogP contribution in [0.2, 0.25) is 0 Å². The average molecular weight is 180 g/mol. The lowest BCUT2D eigenvalue weighted by Gasteiger charge is -1.92. The molecule has 13 heavy (non-hydrogen) atoms. The van der Waals surface area contributed by atoms with Crippen LogP contribution in [0.25, 0.3) is 5.78 Å². The Labute approximate surface area is 70.1 Å². The zero-order chi connectivity index (χ0) is 9.26. The summed E-state index contributed by atoms with van der Waals surface area (Å²) in [7, 11) is 0. The Bertz CT molecular complexity index is 459. The minimum Gasteiger partial charge on any atom is -0.775 e. The molecule has 66 valence electrons. The number of hydrogen-bond acceptors (Lipinski definition) is 9. The van der Waals surface area contributed by atoms with E-state index in [0.717, 1.165) is 4.52 Å². The first-order valence-corrected chi connectivity index (χ1v) is 3.06. The minimum atomic E-state index is -0.0911. The van der Waals surface area contributed by atoms with Gasteiger partial charge in [0.15, 0.2) is 0 Å². The van der Waals surface area contributed by atoms with E-state index in [9.17, 15) is 5.21 Å². The maximum atomic E-state index is 9.81. The van der Waals surface area contributed by atoms with Crippen molar-refractivity contribution in [1.29, 1.82) is 0 Å². The molecule has 0 atom stereocenters. The summed E-state index contributed by atoms with van der Waals surface area (Å²) in [6.45, 7) is 0. The van der Waals surface area contributed by atoms with Crippen LogP contribution in [0.3, 0.4) is 0 Å². The van der Waals surface area contributed by atoms with E-state index >= 15 is 0 Å². The maximum Gasteiger partial charge on any atom is 0.292 e. The van der Waals surface area contributed by atoms with Crippen LogP contribution in [-0.4, -0.2) is 30.0 Å². The molecule has 0 spiro atoms. The predicted molar refractivity (Wildman–Crippen MR) is 38.7 cm³/mol. The van der Waals surface area contributed by atoms with Crippen molar-refractivity contribution in [2.24, 2.45) is 10.4 Å². The molecule has 2 aromatic rings. The summed E-state index contributed by atoms with van der Waals surface area (Å²) in [5.74, 6) is -0.0714. The fraction of sp³-hybridized carbons (Fsp3) is 0. The Balaban J connectivity index is 2.71. The highest BCUT2D eigenvalue weighted by Gasteiger charge is 2.06. The third kappa shape index (κ3) is 1.09. The smallest absolute Gasteiger partial charge is 0.292 e. The summed E-state index contributed by atoms with van der Waals surface area (Å²) in [6.07, 6.45) is 0. The molecule has 10 heteroatoms. The van der Waals surface area contributed by atoms with E-state index in [2.05, 4.69) is 35.9 Å². The molecule has 0 amide bonds. The number of fused-ring (bicyclic) bond motifs is 1. The van der Waals surface area contributed by atoms with Gasteiger partial charge in [0.2, 0.25) is 0 Å². The van der Waals surface area contributed by atoms with Crippen molar-refractivity contribution in [3.05, 3.63) is 5.21 Å². The fourth-order valence-corrected chi connectivity index (χ4v) is 0.733. The van der Waals surface area contributed by atoms with Gasteiger partial charge in [0.1, 0.15) is 0 Å². The number of nitrogen functional groups attached to an aromatic ring is 1. The summed E-state index contributed by atoms with van der Waals surface area (Å²) in [4.78, 5) is 0. The van der Waals surface area contributed by atoms with Crippen LogP contribution in [0.5, 0.6) is 0 Å². The number of nitrogens with two attached hydrogens (primary N) is 1. The van der Waals surface area contributed by atoms with E-state index in [0.29, 0.717) is 0 Å². The van der Waals surface area contributed by atoms with Gasteiger partial charge in [0.05, 0.1) is 0 Å². The van der Waals surface area contributed by atoms with Crippen molar-refractivity contribution in [3.63, 3.8) is 0 Å². The molecule has 2 rings (SSSR count). The first-order chi connectivity index (χ1) is 6.31. The number of aromatic nitrogens is 6. The SMILES string of the molecule is Nc1nnc2nnc(/N=N/[O-])n2n1. The van der Waals surface area contributed by atoms with E-state index in [1.165, 1.54) is 0 Å². The second kappa shape index (κ2) is 2.58. The van der Waals surface area contributed by atoms with Gasteiger partial charge in [-0.25, -0.2) is 5.28 Å². The Morgan fingerprint density at radius 1 is 1.23 bits per heavy atom. The molecular weight excluding hydrogens is 178 g/mol. The van der Waals surface area contributed by atoms with E-state index in [-0.39, 0.29) is 17.7 Å². The van der Waals surface area contributed by atoms with Gasteiger partial charge in [-0.3, -0.25) is 0 Å². The largest absolute Gasteiger partial charge is 0.775 e. The van der Waals surface area contributed by atoms with Gasteiger partial charge in [-0.05, 0) is 0 Å². The molecular formula is C3H2N9O-. The Kier molecular flexibility index (Phi) is 1.44. The van der Waals surface area contributed by atoms with Crippen LogP contribution < -0.4 is 5.73 Å². The lowest BCUT2D eigenvalue weighted by molar-refractivity contribution is 0.834. The quantitative estimate of drug-likeness (QED) is 0.441. The first kappa shape index (κ1) is 7.27. The van der Waals surface area contributed by atoms with Gasteiger partial charge in [0, 0.05) is 0 Å². The molecule has 0 saturated heterocycles. The Hall–Kier alpha value is -2.39. The van der Waals surface area contributed by atoms with Crippen molar-refractivity contribution in [2.45, 2.75) is 0 Å². The molecule has 0 bridgehead atoms. The molecule has 0 aliphatic heterocycles. The Morgan fingerprint density at radius 3 is 2.77 bits per heavy atom. The van der Waals surface area contributed by atoms with Crippen LogP contribution in [0, 0.1) is 5.21 Å². The van der Waals surface area contributed by atoms with Crippen LogP contribution >= 0.6 is 0 Å². The molecule has 0 unspecified atom stereocenters. The molecule has 10 nitrogen and oxygen atoms in total. The van der Waals surface area contributed by atoms with Crippen molar-refractivity contribution in [3.8, 4) is 0 Å². The normalized spacial score (nSPS) is 11.4. The minimum absolute atomic E-state index is 0.0744. The van der Waals surface area contributed by atoms with Gasteiger partial charge < -0.3 is 10.9 Å². The highest BCUT2D eigenvalue weighted by atomic mass is 16.5. The van der Waals surface area contributed by atoms with E-state index < -0.39 is 0 Å². The third-order valence-electron chi connectivity index (χ3n) is 1.18. The highest BCUT2D eigenvalue weighted by Crippen LogP contribution is 2.07. The van der Waals surface area contributed by atoms with E-state index in [1.54, 1.807) is 0 Å². The number of rotatable bonds is 1. The fourth-order valence-electron chi connectivity index (χ4n) is 0.733. The lowest BCUT2D eigenvalue weighted by Crippen LogP contribution is -2.03. The van der Waals surface area contributed by atoms with Crippen molar-refractivity contribution >= 4 is 17.7 Å². The van der Waals surface area contributed by atoms with Gasteiger partial charge in [-0.2, -0.15) is 4.52 Å². The summed E-state index contributed by atoms with van der Waals surface area (Å²) < 4.78 is 1.06. The third-order valence-corrected chi connectivity index (χ3v) is 1.18. The van der Waals surface area contributed by atoms with Gasteiger partial charge in [-0.1, -0.05) is 0 Å². The average Bonchev–Trinajstić information content (AvgIpc) is 2.49. The molecule has 2 aromatic heterocycles. The zero-order valence-electron chi connectivity index (χ0n) is 6.06. The summed E-state index contributed by atoms with van der Waals surface area (Å²) in [5, 5.41) is 32.8. The lowest BCUT2D eigenvalue weighted by atomic mass is 11.0. The summed E-state index contributed by atoms with van der Waals surface area (Å²) in [5.41, 5.74) is 5.24. The van der Waals surface area contributed by atoms with Crippen LogP contribution in [0.4, 0.5) is 11.9 Å². The molecule has 0 aliphatic rings. The van der Waals surface area contributed by atoms with Crippen molar-refractivity contribution in [2.75, 3.05) is 5.73 Å². The van der Waals surface area contributed by atoms with Crippen LogP contribution in [-0.2, 0) is 0 Å². The van der Waals surface area contributed by atoms with Crippen LogP contribution in [0.1, 0.15) is 0 Å². The van der Waals surface area contributed by atoms with E-state index in [4.69, 9.17) is 5.73 Å².